The van der Waals surface area contributed by atoms with Crippen molar-refractivity contribution in [3.8, 4) is 0 Å². The van der Waals surface area contributed by atoms with Crippen molar-refractivity contribution in [2.75, 3.05) is 26.4 Å². The van der Waals surface area contributed by atoms with E-state index in [1.807, 2.05) is 0 Å². The Morgan fingerprint density at radius 3 is 0.901 bits per heavy atom. The Bertz CT molecular complexity index is 2150. The minimum atomic E-state index is -4.41. The number of unbranched alkanes of at least 4 members (excludes halogenated alkanes) is 23. The Hall–Kier alpha value is -4.89. The lowest BCUT2D eigenvalue weighted by Gasteiger charge is -2.19. The molecule has 0 aliphatic heterocycles. The number of phosphoric ester groups is 1. The lowest BCUT2D eigenvalue weighted by molar-refractivity contribution is -0.161. The molecule has 514 valence electrons. The zero-order valence-electron chi connectivity index (χ0n) is 57.8. The van der Waals surface area contributed by atoms with E-state index in [1.165, 1.54) is 116 Å². The molecule has 0 aromatic heterocycles. The van der Waals surface area contributed by atoms with Gasteiger partial charge in [0.05, 0.1) is 13.2 Å². The third-order valence-corrected chi connectivity index (χ3v) is 15.8. The molecule has 2 atom stereocenters. The maximum atomic E-state index is 12.8. The van der Waals surface area contributed by atoms with Gasteiger partial charge in [-0.05, 0) is 141 Å². The number of esters is 2. The summed E-state index contributed by atoms with van der Waals surface area (Å²) in [5.74, 6) is -0.865. The third kappa shape index (κ3) is 74.0. The van der Waals surface area contributed by atoms with Gasteiger partial charge in [-0.3, -0.25) is 18.6 Å². The molecule has 10 heteroatoms. The van der Waals surface area contributed by atoms with Crippen molar-refractivity contribution in [1.82, 2.24) is 0 Å². The fourth-order valence-electron chi connectivity index (χ4n) is 9.45. The van der Waals surface area contributed by atoms with Crippen molar-refractivity contribution < 1.29 is 37.6 Å². The zero-order valence-corrected chi connectivity index (χ0v) is 58.6. The van der Waals surface area contributed by atoms with Gasteiger partial charge in [0.2, 0.25) is 0 Å². The predicted molar refractivity (Wildman–Crippen MR) is 394 cm³/mol. The quantitative estimate of drug-likeness (QED) is 0.0264. The lowest BCUT2D eigenvalue weighted by Crippen LogP contribution is -2.29. The van der Waals surface area contributed by atoms with E-state index in [2.05, 4.69) is 196 Å². The third-order valence-electron chi connectivity index (χ3n) is 14.8. The topological polar surface area (TPSA) is 134 Å². The Morgan fingerprint density at radius 2 is 0.604 bits per heavy atom. The van der Waals surface area contributed by atoms with Gasteiger partial charge in [0, 0.05) is 19.4 Å². The number of carbonyl (C=O) groups excluding carboxylic acids is 2. The van der Waals surface area contributed by atoms with Crippen LogP contribution in [0.15, 0.2) is 182 Å². The number of hydrogen-bond acceptors (Lipinski definition) is 8. The van der Waals surface area contributed by atoms with Crippen LogP contribution in [0.4, 0.5) is 0 Å². The van der Waals surface area contributed by atoms with Gasteiger partial charge in [0.1, 0.15) is 6.61 Å². The fraction of sp³-hybridized carbons (Fsp3) is 0.605. The maximum absolute atomic E-state index is 12.8. The fourth-order valence-corrected chi connectivity index (χ4v) is 10.2. The molecule has 0 aliphatic rings. The van der Waals surface area contributed by atoms with Crippen LogP contribution in [-0.2, 0) is 32.7 Å². The number of nitrogens with two attached hydrogens (primary N) is 1. The standard InChI is InChI=1S/C81H132NO8P/c1-3-5-7-9-11-13-15-17-19-21-23-25-27-29-31-33-34-35-36-37-38-39-40-41-42-43-44-46-48-50-52-54-56-58-60-62-64-66-68-70-72-74-81(84)90-79(78-89-91(85,86)88-76-75-82)77-87-80(83)73-71-69-67-65-63-61-59-57-55-53-51-49-47-45-32-30-28-26-24-22-20-18-16-14-12-10-8-6-4-2/h5,7,11,13,16-19,22-25,28-31,34-35,37-38,40-41,43-44,48,50,54,56,60,62,79H,3-4,6,8-10,12,14-15,20-21,26-27,32-33,36,39,42,45-47,49,51-53,55,57-59,61,63-78,82H2,1-2H3,(H,85,86)/b7-5-,13-11-,18-16-,19-17-,24-22-,25-23-,30-28-,31-29-,35-34-,38-37-,41-40-,44-43-,50-48-,56-54-,62-60-. The van der Waals surface area contributed by atoms with Crippen molar-refractivity contribution in [2.45, 2.75) is 290 Å². The summed E-state index contributed by atoms with van der Waals surface area (Å²) in [6.07, 6.45) is 111. The van der Waals surface area contributed by atoms with Crippen LogP contribution in [-0.4, -0.2) is 49.3 Å². The highest BCUT2D eigenvalue weighted by Crippen LogP contribution is 2.43. The minimum absolute atomic E-state index is 0.0400. The van der Waals surface area contributed by atoms with E-state index >= 15 is 0 Å². The van der Waals surface area contributed by atoms with E-state index in [1.54, 1.807) is 0 Å². The smallest absolute Gasteiger partial charge is 0.462 e. The highest BCUT2D eigenvalue weighted by molar-refractivity contribution is 7.47. The summed E-state index contributed by atoms with van der Waals surface area (Å²) in [5, 5.41) is 0. The summed E-state index contributed by atoms with van der Waals surface area (Å²) in [6.45, 7) is 3.58. The molecule has 0 amide bonds. The van der Waals surface area contributed by atoms with Gasteiger partial charge >= 0.3 is 19.8 Å². The normalized spacial score (nSPS) is 14.0. The highest BCUT2D eigenvalue weighted by atomic mass is 31.2. The molecule has 0 fully saturated rings. The molecule has 91 heavy (non-hydrogen) atoms. The monoisotopic (exact) mass is 1280 g/mol. The zero-order chi connectivity index (χ0) is 65.8. The van der Waals surface area contributed by atoms with E-state index in [4.69, 9.17) is 24.3 Å². The highest BCUT2D eigenvalue weighted by Gasteiger charge is 2.26. The Balaban J connectivity index is 4.02. The molecule has 0 rings (SSSR count). The van der Waals surface area contributed by atoms with Gasteiger partial charge in [0.15, 0.2) is 6.10 Å². The molecule has 0 spiro atoms. The first-order valence-corrected chi connectivity index (χ1v) is 37.8. The van der Waals surface area contributed by atoms with E-state index < -0.39 is 32.5 Å². The van der Waals surface area contributed by atoms with Crippen LogP contribution in [0.25, 0.3) is 0 Å². The predicted octanol–water partition coefficient (Wildman–Crippen LogP) is 24.3. The van der Waals surface area contributed by atoms with Gasteiger partial charge in [-0.1, -0.05) is 312 Å². The van der Waals surface area contributed by atoms with Crippen LogP contribution in [0.3, 0.4) is 0 Å². The first kappa shape index (κ1) is 86.1. The van der Waals surface area contributed by atoms with Crippen molar-refractivity contribution >= 4 is 19.8 Å². The Labute approximate surface area is 558 Å². The van der Waals surface area contributed by atoms with Crippen LogP contribution in [0.5, 0.6) is 0 Å². The molecule has 0 heterocycles. The average molecular weight is 1280 g/mol. The number of allylic oxidation sites excluding steroid dienone is 30. The minimum Gasteiger partial charge on any atom is -0.462 e. The van der Waals surface area contributed by atoms with Crippen LogP contribution in [0.2, 0.25) is 0 Å². The van der Waals surface area contributed by atoms with Crippen LogP contribution < -0.4 is 5.73 Å². The first-order chi connectivity index (χ1) is 44.8. The van der Waals surface area contributed by atoms with Crippen LogP contribution in [0, 0.1) is 0 Å². The van der Waals surface area contributed by atoms with Crippen molar-refractivity contribution in [1.29, 1.82) is 0 Å². The summed E-state index contributed by atoms with van der Waals surface area (Å²) in [6, 6.07) is 0. The summed E-state index contributed by atoms with van der Waals surface area (Å²) in [4.78, 5) is 35.4. The maximum Gasteiger partial charge on any atom is 0.472 e. The number of ether oxygens (including phenoxy) is 2. The summed E-state index contributed by atoms with van der Waals surface area (Å²) >= 11 is 0. The molecule has 9 nitrogen and oxygen atoms in total. The van der Waals surface area contributed by atoms with Crippen molar-refractivity contribution in [2.24, 2.45) is 5.73 Å². The molecule has 3 N–H and O–H groups in total. The van der Waals surface area contributed by atoms with Gasteiger partial charge in [-0.2, -0.15) is 0 Å². The second-order valence-corrected chi connectivity index (χ2v) is 24.8. The molecule has 0 aromatic rings. The van der Waals surface area contributed by atoms with Crippen LogP contribution in [0.1, 0.15) is 284 Å². The second-order valence-electron chi connectivity index (χ2n) is 23.4. The van der Waals surface area contributed by atoms with Gasteiger partial charge < -0.3 is 20.1 Å². The number of carbonyl (C=O) groups is 2. The van der Waals surface area contributed by atoms with Gasteiger partial charge in [-0.15, -0.1) is 0 Å². The molecule has 0 saturated carbocycles. The van der Waals surface area contributed by atoms with E-state index in [9.17, 15) is 19.0 Å². The SMILES string of the molecule is CC/C=C\C/C=C\C/C=C\C/C=C\C/C=C\C/C=C\C/C=C\C/C=C\C/C=C\C/C=C\C/C=C\C/C=C\CCCCCCC(=O)OC(COC(=O)CCCCCCCCCCCCCCCC/C=C\C/C=C\C/C=C\CCCCCCC)COP(=O)(O)OCCN. The lowest BCUT2D eigenvalue weighted by atomic mass is 10.0. The Morgan fingerprint density at radius 1 is 0.341 bits per heavy atom. The van der Waals surface area contributed by atoms with Crippen molar-refractivity contribution in [3.05, 3.63) is 182 Å². The summed E-state index contributed by atoms with van der Waals surface area (Å²) < 4.78 is 33.2. The first-order valence-electron chi connectivity index (χ1n) is 36.3. The molecule has 0 aromatic carbocycles. The van der Waals surface area contributed by atoms with Gasteiger partial charge in [0.25, 0.3) is 0 Å². The second kappa shape index (κ2) is 74.2. The van der Waals surface area contributed by atoms with Gasteiger partial charge in [-0.25, -0.2) is 4.57 Å². The number of rotatable bonds is 66. The molecule has 0 saturated heterocycles. The summed E-state index contributed by atoms with van der Waals surface area (Å²) in [7, 11) is -4.41. The average Bonchev–Trinajstić information content (AvgIpc) is 3.74. The largest absolute Gasteiger partial charge is 0.472 e. The van der Waals surface area contributed by atoms with Crippen LogP contribution >= 0.6 is 7.82 Å². The molecule has 2 unspecified atom stereocenters. The molecular formula is C81H132NO8P. The summed E-state index contributed by atoms with van der Waals surface area (Å²) in [5.41, 5.74) is 5.40. The Kier molecular flexibility index (Phi) is 70.2. The van der Waals surface area contributed by atoms with Crippen molar-refractivity contribution in [3.63, 3.8) is 0 Å². The van der Waals surface area contributed by atoms with E-state index in [0.29, 0.717) is 6.42 Å². The molecular weight excluding hydrogens is 1150 g/mol. The molecule has 0 aliphatic carbocycles. The van der Waals surface area contributed by atoms with E-state index in [-0.39, 0.29) is 32.6 Å². The number of phosphoric acid groups is 1. The number of hydrogen-bond donors (Lipinski definition) is 2. The van der Waals surface area contributed by atoms with E-state index in [0.717, 1.165) is 135 Å². The molecule has 0 radical (unpaired) electrons. The molecule has 0 bridgehead atoms.